The molecule has 0 nitrogen and oxygen atoms in total. The fourth-order valence-corrected chi connectivity index (χ4v) is 0. The van der Waals surface area contributed by atoms with Crippen molar-refractivity contribution in [3.63, 3.8) is 0 Å². The van der Waals surface area contributed by atoms with Gasteiger partial charge in [-0.3, -0.25) is 0 Å². The standard InChI is InChI=1S/CH4.Mo.H4Si.V/h1H4;;1H4;. The minimum Gasteiger partial charge on any atom is -0.0776 e. The summed E-state index contributed by atoms with van der Waals surface area (Å²) in [5.41, 5.74) is 0. The van der Waals surface area contributed by atoms with E-state index in [4.69, 9.17) is 0 Å². The first-order valence-electron chi connectivity index (χ1n) is 0. The molecular weight excluding hydrogens is 187 g/mol. The quantitative estimate of drug-likeness (QED) is 0.443. The molecule has 0 aliphatic carbocycles. The summed E-state index contributed by atoms with van der Waals surface area (Å²) in [6.07, 6.45) is 0. The average Bonchev–Trinajstić information content (AvgIpc) is 0. The number of hydrogen-bond acceptors (Lipinski definition) is 0. The van der Waals surface area contributed by atoms with Crippen LogP contribution in [0.25, 0.3) is 0 Å². The van der Waals surface area contributed by atoms with Gasteiger partial charge in [0.05, 0.1) is 0 Å². The summed E-state index contributed by atoms with van der Waals surface area (Å²) in [5.74, 6) is 0. The summed E-state index contributed by atoms with van der Waals surface area (Å²) in [6, 6.07) is 0. The van der Waals surface area contributed by atoms with Gasteiger partial charge in [-0.2, -0.15) is 0 Å². The van der Waals surface area contributed by atoms with E-state index in [0.29, 0.717) is 0 Å². The Morgan fingerprint density at radius 3 is 1.00 bits per heavy atom. The molecule has 0 saturated heterocycles. The van der Waals surface area contributed by atoms with E-state index in [1.807, 2.05) is 0 Å². The number of hydrogen-bond donors (Lipinski definition) is 0. The first kappa shape index (κ1) is 49.9. The van der Waals surface area contributed by atoms with E-state index in [2.05, 4.69) is 0 Å². The molecule has 0 unspecified atom stereocenters. The van der Waals surface area contributed by atoms with Gasteiger partial charge in [0.1, 0.15) is 0 Å². The van der Waals surface area contributed by atoms with Crippen LogP contribution >= 0.6 is 0 Å². The van der Waals surface area contributed by atoms with Crippen LogP contribution in [0.15, 0.2) is 0 Å². The van der Waals surface area contributed by atoms with Crippen LogP contribution in [0.4, 0.5) is 0 Å². The molecule has 0 fully saturated rings. The van der Waals surface area contributed by atoms with Crippen molar-refractivity contribution in [2.45, 2.75) is 7.43 Å². The molecule has 0 aromatic carbocycles. The molecule has 27 valence electrons. The van der Waals surface area contributed by atoms with Crippen LogP contribution < -0.4 is 0 Å². The van der Waals surface area contributed by atoms with Crippen LogP contribution in [0.2, 0.25) is 0 Å². The van der Waals surface area contributed by atoms with Crippen LogP contribution in [-0.2, 0) is 39.6 Å². The van der Waals surface area contributed by atoms with Gasteiger partial charge in [-0.15, -0.1) is 0 Å². The molecule has 0 heterocycles. The van der Waals surface area contributed by atoms with Crippen LogP contribution in [0.3, 0.4) is 0 Å². The van der Waals surface area contributed by atoms with Crippen LogP contribution in [0.1, 0.15) is 7.43 Å². The Morgan fingerprint density at radius 2 is 1.00 bits per heavy atom. The van der Waals surface area contributed by atoms with Gasteiger partial charge >= 0.3 is 0 Å². The van der Waals surface area contributed by atoms with Crippen molar-refractivity contribution in [1.82, 2.24) is 0 Å². The van der Waals surface area contributed by atoms with E-state index in [1.54, 1.807) is 0 Å². The molecule has 0 aliphatic rings. The normalized spacial score (nSPS) is 0. The third-order valence-corrected chi connectivity index (χ3v) is 0. The van der Waals surface area contributed by atoms with E-state index in [-0.39, 0.29) is 58.0 Å². The molecule has 0 rings (SSSR count). The summed E-state index contributed by atoms with van der Waals surface area (Å²) in [7, 11) is 0. The Balaban J connectivity index is 0. The van der Waals surface area contributed by atoms with Crippen molar-refractivity contribution < 1.29 is 39.6 Å². The summed E-state index contributed by atoms with van der Waals surface area (Å²) in [6.45, 7) is 0. The monoisotopic (exact) mass is 197 g/mol. The van der Waals surface area contributed by atoms with Gasteiger partial charge in [0.15, 0.2) is 0 Å². The molecule has 4 heavy (non-hydrogen) atoms. The Bertz CT molecular complexity index is 8.00. The van der Waals surface area contributed by atoms with Crippen molar-refractivity contribution >= 4 is 11.0 Å². The van der Waals surface area contributed by atoms with Crippen LogP contribution in [0, 0.1) is 0 Å². The predicted octanol–water partition coefficient (Wildman–Crippen LogP) is -0.821. The first-order chi connectivity index (χ1) is 0. The molecule has 1 radical (unpaired) electrons. The van der Waals surface area contributed by atoms with Crippen molar-refractivity contribution in [1.29, 1.82) is 0 Å². The van der Waals surface area contributed by atoms with E-state index in [9.17, 15) is 0 Å². The fraction of sp³-hybridized carbons (Fsp3) is 1.00. The maximum atomic E-state index is 0. The van der Waals surface area contributed by atoms with Gasteiger partial charge < -0.3 is 0 Å². The summed E-state index contributed by atoms with van der Waals surface area (Å²) in [4.78, 5) is 0. The minimum absolute atomic E-state index is 0. The summed E-state index contributed by atoms with van der Waals surface area (Å²) in [5, 5.41) is 0. The Hall–Kier alpha value is 1.49. The van der Waals surface area contributed by atoms with Crippen LogP contribution in [-0.4, -0.2) is 11.0 Å². The topological polar surface area (TPSA) is 0 Å². The molecular formula is CH8MoSiV. The maximum absolute atomic E-state index is 0. The molecule has 0 saturated carbocycles. The molecule has 0 bridgehead atoms. The maximum Gasteiger partial charge on any atom is 0 e. The second kappa shape index (κ2) is 24.6. The van der Waals surface area contributed by atoms with Gasteiger partial charge in [0.25, 0.3) is 0 Å². The summed E-state index contributed by atoms with van der Waals surface area (Å²) >= 11 is 0. The van der Waals surface area contributed by atoms with Gasteiger partial charge in [-0.25, -0.2) is 0 Å². The molecule has 0 aromatic rings. The van der Waals surface area contributed by atoms with E-state index < -0.39 is 0 Å². The molecule has 0 N–H and O–H groups in total. The smallest absolute Gasteiger partial charge is 0 e. The van der Waals surface area contributed by atoms with Gasteiger partial charge in [-0.05, 0) is 11.0 Å². The molecule has 0 spiro atoms. The van der Waals surface area contributed by atoms with Crippen molar-refractivity contribution in [2.24, 2.45) is 0 Å². The Kier molecular flexibility index (Phi) is 307. The zero-order valence-corrected chi connectivity index (χ0v) is 4.26. The zero-order chi connectivity index (χ0) is 0. The second-order valence-electron chi connectivity index (χ2n) is 0. The Labute approximate surface area is 57.9 Å². The third kappa shape index (κ3) is 9.75. The number of rotatable bonds is 0. The minimum atomic E-state index is 0. The third-order valence-electron chi connectivity index (χ3n) is 0. The van der Waals surface area contributed by atoms with Crippen molar-refractivity contribution in [2.75, 3.05) is 0 Å². The van der Waals surface area contributed by atoms with Gasteiger partial charge in [-0.1, -0.05) is 7.43 Å². The largest absolute Gasteiger partial charge is 0.0776 e. The van der Waals surface area contributed by atoms with Crippen LogP contribution in [0.5, 0.6) is 0 Å². The fourth-order valence-electron chi connectivity index (χ4n) is 0. The Morgan fingerprint density at radius 1 is 1.00 bits per heavy atom. The SMILES string of the molecule is C.[Mo].[SiH4].[V]. The molecule has 0 aliphatic heterocycles. The van der Waals surface area contributed by atoms with Crippen molar-refractivity contribution in [3.05, 3.63) is 0 Å². The first-order valence-corrected chi connectivity index (χ1v) is 0. The predicted molar refractivity (Wildman–Crippen MR) is 18.1 cm³/mol. The zero-order valence-electron chi connectivity index (χ0n) is 0.855. The molecule has 3 heteroatoms. The van der Waals surface area contributed by atoms with Gasteiger partial charge in [0, 0.05) is 39.6 Å². The summed E-state index contributed by atoms with van der Waals surface area (Å²) < 4.78 is 0. The molecule has 0 atom stereocenters. The van der Waals surface area contributed by atoms with E-state index in [0.717, 1.165) is 0 Å². The van der Waals surface area contributed by atoms with Crippen molar-refractivity contribution in [3.8, 4) is 0 Å². The molecule has 0 amide bonds. The van der Waals surface area contributed by atoms with Gasteiger partial charge in [0.2, 0.25) is 0 Å². The van der Waals surface area contributed by atoms with E-state index >= 15 is 0 Å². The average molecular weight is 195 g/mol. The van der Waals surface area contributed by atoms with E-state index in [1.165, 1.54) is 0 Å². The molecule has 0 aromatic heterocycles. The second-order valence-corrected chi connectivity index (χ2v) is 0.